The van der Waals surface area contributed by atoms with Crippen molar-refractivity contribution in [2.75, 3.05) is 33.0 Å². The normalized spacial score (nSPS) is 13.3. The van der Waals surface area contributed by atoms with Gasteiger partial charge in [0.25, 0.3) is 0 Å². The van der Waals surface area contributed by atoms with Gasteiger partial charge in [0.15, 0.2) is 25.0 Å². The Labute approximate surface area is 207 Å². The van der Waals surface area contributed by atoms with Gasteiger partial charge in [-0.1, -0.05) is 19.9 Å². The van der Waals surface area contributed by atoms with Crippen LogP contribution < -0.4 is 0 Å². The second kappa shape index (κ2) is 15.1. The average Bonchev–Trinajstić information content (AvgIpc) is 2.59. The van der Waals surface area contributed by atoms with Crippen LogP contribution in [0, 0.1) is 0 Å². The molecule has 7 nitrogen and oxygen atoms in total. The molecule has 0 aliphatic rings. The number of carbonyl (C=O) groups excluding carboxylic acids is 1. The van der Waals surface area contributed by atoms with Gasteiger partial charge in [0.2, 0.25) is 0 Å². The van der Waals surface area contributed by atoms with Crippen LogP contribution in [0.25, 0.3) is 0 Å². The van der Waals surface area contributed by atoms with Crippen molar-refractivity contribution in [1.82, 2.24) is 0 Å². The van der Waals surface area contributed by atoms with Crippen molar-refractivity contribution in [2.45, 2.75) is 91.2 Å². The average molecular weight is 539 g/mol. The summed E-state index contributed by atoms with van der Waals surface area (Å²) in [6, 6.07) is 0.757. The molecular weight excluding hydrogens is 489 g/mol. The molecule has 0 rings (SSSR count). The number of unbranched alkanes of at least 4 members (excludes halogenated alkanes) is 1. The van der Waals surface area contributed by atoms with E-state index in [0.717, 1.165) is 25.3 Å². The summed E-state index contributed by atoms with van der Waals surface area (Å²) in [7, 11) is -8.39. The lowest BCUT2D eigenvalue weighted by molar-refractivity contribution is -0.139. The highest BCUT2D eigenvalue weighted by Gasteiger charge is 2.49. The summed E-state index contributed by atoms with van der Waals surface area (Å²) >= 11 is 0. The molecule has 0 bridgehead atoms. The zero-order chi connectivity index (χ0) is 25.8. The van der Waals surface area contributed by atoms with Gasteiger partial charge in [0.05, 0.1) is 32.0 Å². The SMILES string of the molecule is C=C(COCCOCCC[Si](O[Si](C)(C)C)(O[Si](C)(C)C)O[Si](C)(C)C)C(=O)OCCCC. The molecule has 0 unspecified atom stereocenters. The van der Waals surface area contributed by atoms with E-state index in [0.29, 0.717) is 32.0 Å². The molecule has 0 N–H and O–H groups in total. The molecule has 0 aromatic heterocycles. The zero-order valence-corrected chi connectivity index (χ0v) is 26.9. The van der Waals surface area contributed by atoms with E-state index >= 15 is 0 Å². The first-order chi connectivity index (χ1) is 15.0. The van der Waals surface area contributed by atoms with Crippen molar-refractivity contribution in [3.05, 3.63) is 12.2 Å². The zero-order valence-electron chi connectivity index (χ0n) is 22.9. The molecule has 33 heavy (non-hydrogen) atoms. The van der Waals surface area contributed by atoms with Crippen LogP contribution in [0.1, 0.15) is 26.2 Å². The number of ether oxygens (including phenoxy) is 3. The van der Waals surface area contributed by atoms with Gasteiger partial charge < -0.3 is 26.6 Å². The van der Waals surface area contributed by atoms with E-state index in [4.69, 9.17) is 26.6 Å². The highest BCUT2D eigenvalue weighted by atomic mass is 28.5. The van der Waals surface area contributed by atoms with Gasteiger partial charge >= 0.3 is 14.8 Å². The lowest BCUT2D eigenvalue weighted by Crippen LogP contribution is -2.60. The molecule has 196 valence electrons. The molecule has 0 aliphatic heterocycles. The first-order valence-corrected chi connectivity index (χ1v) is 24.3. The molecule has 0 aromatic carbocycles. The summed E-state index contributed by atoms with van der Waals surface area (Å²) in [6.45, 7) is 27.5. The molecule has 0 fully saturated rings. The van der Waals surface area contributed by atoms with Crippen LogP contribution >= 0.6 is 0 Å². The van der Waals surface area contributed by atoms with Crippen LogP contribution in [-0.4, -0.2) is 72.8 Å². The lowest BCUT2D eigenvalue weighted by Gasteiger charge is -2.42. The predicted molar refractivity (Wildman–Crippen MR) is 145 cm³/mol. The molecule has 0 radical (unpaired) electrons. The smallest absolute Gasteiger partial charge is 0.462 e. The van der Waals surface area contributed by atoms with Gasteiger partial charge in [-0.25, -0.2) is 4.79 Å². The van der Waals surface area contributed by atoms with Crippen LogP contribution in [0.3, 0.4) is 0 Å². The van der Waals surface area contributed by atoms with E-state index in [9.17, 15) is 4.79 Å². The topological polar surface area (TPSA) is 72.5 Å². The van der Waals surface area contributed by atoms with E-state index in [1.807, 2.05) is 6.92 Å². The Kier molecular flexibility index (Phi) is 15.0. The van der Waals surface area contributed by atoms with Gasteiger partial charge in [-0.3, -0.25) is 0 Å². The molecule has 0 atom stereocenters. The van der Waals surface area contributed by atoms with Crippen molar-refractivity contribution in [3.8, 4) is 0 Å². The minimum atomic E-state index is -2.81. The van der Waals surface area contributed by atoms with Gasteiger partial charge in [-0.05, 0) is 71.8 Å². The Morgan fingerprint density at radius 1 is 0.697 bits per heavy atom. The van der Waals surface area contributed by atoms with Crippen LogP contribution in [0.4, 0.5) is 0 Å². The molecule has 0 saturated carbocycles. The summed E-state index contributed by atoms with van der Waals surface area (Å²) < 4.78 is 36.4. The predicted octanol–water partition coefficient (Wildman–Crippen LogP) is 5.80. The van der Waals surface area contributed by atoms with Crippen molar-refractivity contribution in [3.63, 3.8) is 0 Å². The Morgan fingerprint density at radius 3 is 1.64 bits per heavy atom. The number of hydrogen-bond donors (Lipinski definition) is 0. The molecule has 0 heterocycles. The highest BCUT2D eigenvalue weighted by Crippen LogP contribution is 2.29. The Bertz CT molecular complexity index is 540. The largest absolute Gasteiger partial charge is 0.469 e. The standard InChI is InChI=1S/C22H50O7Si4/c1-12-13-16-26-22(23)21(2)20-25-18-17-24-15-14-19-33(27-30(3,4)5,28-31(6,7)8)29-32(9,10)11/h2,12-20H2,1,3-11H3. The second-order valence-corrected chi connectivity index (χ2v) is 28.2. The van der Waals surface area contributed by atoms with E-state index in [1.54, 1.807) is 0 Å². The third-order valence-electron chi connectivity index (χ3n) is 3.82. The van der Waals surface area contributed by atoms with E-state index in [-0.39, 0.29) is 6.61 Å². The van der Waals surface area contributed by atoms with E-state index < -0.39 is 39.7 Å². The van der Waals surface area contributed by atoms with Gasteiger partial charge in [0, 0.05) is 12.7 Å². The molecular formula is C22H50O7Si4. The number of hydrogen-bond acceptors (Lipinski definition) is 7. The molecule has 11 heteroatoms. The van der Waals surface area contributed by atoms with Gasteiger partial charge in [0.1, 0.15) is 0 Å². The molecule has 0 spiro atoms. The Balaban J connectivity index is 4.55. The van der Waals surface area contributed by atoms with E-state index in [1.165, 1.54) is 0 Å². The number of carbonyl (C=O) groups is 1. The fourth-order valence-electron chi connectivity index (χ4n) is 2.89. The Morgan fingerprint density at radius 2 is 1.18 bits per heavy atom. The summed E-state index contributed by atoms with van der Waals surface area (Å²) in [4.78, 5) is 11.8. The van der Waals surface area contributed by atoms with Gasteiger partial charge in [-0.2, -0.15) is 0 Å². The third-order valence-corrected chi connectivity index (χ3v) is 15.9. The monoisotopic (exact) mass is 538 g/mol. The quantitative estimate of drug-likeness (QED) is 0.0890. The Hall–Kier alpha value is -0.122. The molecule has 0 aliphatic carbocycles. The van der Waals surface area contributed by atoms with Crippen molar-refractivity contribution < 1.29 is 31.4 Å². The highest BCUT2D eigenvalue weighted by molar-refractivity contribution is 6.90. The van der Waals surface area contributed by atoms with Crippen LogP contribution in [0.2, 0.25) is 65.0 Å². The maximum atomic E-state index is 11.8. The van der Waals surface area contributed by atoms with Crippen molar-refractivity contribution in [2.24, 2.45) is 0 Å². The molecule has 0 amide bonds. The van der Waals surface area contributed by atoms with Crippen LogP contribution in [0.5, 0.6) is 0 Å². The lowest BCUT2D eigenvalue weighted by atomic mass is 10.3. The summed E-state index contributed by atoms with van der Waals surface area (Å²) in [5.41, 5.74) is 0.331. The van der Waals surface area contributed by atoms with Crippen LogP contribution in [0.15, 0.2) is 12.2 Å². The third kappa shape index (κ3) is 18.8. The van der Waals surface area contributed by atoms with Crippen molar-refractivity contribution >= 4 is 39.7 Å². The minimum Gasteiger partial charge on any atom is -0.462 e. The minimum absolute atomic E-state index is 0.155. The fraction of sp³-hybridized carbons (Fsp3) is 0.864. The number of esters is 1. The molecule has 0 saturated heterocycles. The summed E-state index contributed by atoms with van der Waals surface area (Å²) in [5.74, 6) is -0.391. The fourth-order valence-corrected chi connectivity index (χ4v) is 17.5. The molecule has 0 aromatic rings. The maximum absolute atomic E-state index is 11.8. The first-order valence-electron chi connectivity index (χ1n) is 12.1. The van der Waals surface area contributed by atoms with Gasteiger partial charge in [-0.15, -0.1) is 0 Å². The first kappa shape index (κ1) is 32.9. The summed E-state index contributed by atoms with van der Waals surface area (Å²) in [5, 5.41) is 0. The summed E-state index contributed by atoms with van der Waals surface area (Å²) in [6.07, 6.45) is 2.64. The van der Waals surface area contributed by atoms with Crippen LogP contribution in [-0.2, 0) is 31.4 Å². The van der Waals surface area contributed by atoms with Crippen molar-refractivity contribution in [1.29, 1.82) is 0 Å². The number of rotatable bonds is 19. The maximum Gasteiger partial charge on any atom is 0.469 e. The van der Waals surface area contributed by atoms with E-state index in [2.05, 4.69) is 65.5 Å². The second-order valence-electron chi connectivity index (χ2n) is 11.2.